The van der Waals surface area contributed by atoms with E-state index in [0.717, 1.165) is 0 Å². The number of nitrogens with one attached hydrogen (secondary N) is 1. The molecule has 2 rings (SSSR count). The molecule has 0 radical (unpaired) electrons. The molecule has 0 unspecified atom stereocenters. The SMILES string of the molecule is CC(C)n1nnnc1CCNC(=O)c1ccccc1F. The first-order chi connectivity index (χ1) is 9.59. The van der Waals surface area contributed by atoms with Crippen LogP contribution in [0.15, 0.2) is 24.3 Å². The van der Waals surface area contributed by atoms with E-state index in [4.69, 9.17) is 0 Å². The summed E-state index contributed by atoms with van der Waals surface area (Å²) in [7, 11) is 0. The number of carbonyl (C=O) groups excluding carboxylic acids is 1. The molecule has 6 nitrogen and oxygen atoms in total. The third kappa shape index (κ3) is 3.17. The lowest BCUT2D eigenvalue weighted by Crippen LogP contribution is -2.27. The van der Waals surface area contributed by atoms with E-state index in [1.165, 1.54) is 12.1 Å². The van der Waals surface area contributed by atoms with Crippen LogP contribution in [0.5, 0.6) is 0 Å². The second-order valence-electron chi connectivity index (χ2n) is 4.62. The van der Waals surface area contributed by atoms with Gasteiger partial charge in [0.05, 0.1) is 11.6 Å². The van der Waals surface area contributed by atoms with E-state index in [9.17, 15) is 9.18 Å². The van der Waals surface area contributed by atoms with Crippen LogP contribution < -0.4 is 5.32 Å². The number of carbonyl (C=O) groups is 1. The van der Waals surface area contributed by atoms with Crippen molar-refractivity contribution in [2.24, 2.45) is 0 Å². The summed E-state index contributed by atoms with van der Waals surface area (Å²) < 4.78 is 15.1. The summed E-state index contributed by atoms with van der Waals surface area (Å²) in [5, 5.41) is 14.0. The highest BCUT2D eigenvalue weighted by Gasteiger charge is 2.12. The van der Waals surface area contributed by atoms with Crippen molar-refractivity contribution in [3.63, 3.8) is 0 Å². The number of aromatic nitrogens is 4. The molecule has 1 heterocycles. The fourth-order valence-electron chi connectivity index (χ4n) is 1.81. The zero-order chi connectivity index (χ0) is 14.5. The molecule has 2 aromatic rings. The average molecular weight is 277 g/mol. The minimum atomic E-state index is -0.531. The zero-order valence-corrected chi connectivity index (χ0v) is 11.4. The van der Waals surface area contributed by atoms with Gasteiger partial charge in [0.25, 0.3) is 5.91 Å². The predicted molar refractivity (Wildman–Crippen MR) is 70.6 cm³/mol. The van der Waals surface area contributed by atoms with Gasteiger partial charge in [-0.25, -0.2) is 9.07 Å². The number of hydrogen-bond donors (Lipinski definition) is 1. The van der Waals surface area contributed by atoms with Crippen LogP contribution in [-0.2, 0) is 6.42 Å². The maximum absolute atomic E-state index is 13.4. The lowest BCUT2D eigenvalue weighted by molar-refractivity contribution is 0.0950. The Kier molecular flexibility index (Phi) is 4.39. The maximum Gasteiger partial charge on any atom is 0.254 e. The normalized spacial score (nSPS) is 10.8. The minimum absolute atomic E-state index is 0.0379. The van der Waals surface area contributed by atoms with E-state index in [2.05, 4.69) is 20.8 Å². The monoisotopic (exact) mass is 277 g/mol. The Labute approximate surface area is 116 Å². The predicted octanol–water partition coefficient (Wildman–Crippen LogP) is 1.37. The number of nitrogens with zero attached hydrogens (tertiary/aromatic N) is 4. The molecule has 7 heteroatoms. The standard InChI is InChI=1S/C13H16FN5O/c1-9(2)19-12(16-17-18-19)7-8-15-13(20)10-5-3-4-6-11(10)14/h3-6,9H,7-8H2,1-2H3,(H,15,20). The zero-order valence-electron chi connectivity index (χ0n) is 11.4. The largest absolute Gasteiger partial charge is 0.351 e. The Bertz CT molecular complexity index is 596. The molecule has 0 saturated heterocycles. The van der Waals surface area contributed by atoms with Crippen LogP contribution in [0, 0.1) is 5.82 Å². The molecule has 1 aromatic carbocycles. The van der Waals surface area contributed by atoms with Crippen LogP contribution in [0.1, 0.15) is 36.1 Å². The van der Waals surface area contributed by atoms with Gasteiger partial charge in [0.15, 0.2) is 5.82 Å². The molecule has 0 fully saturated rings. The van der Waals surface area contributed by atoms with Crippen LogP contribution >= 0.6 is 0 Å². The number of hydrogen-bond acceptors (Lipinski definition) is 4. The summed E-state index contributed by atoms with van der Waals surface area (Å²) in [6, 6.07) is 6.03. The van der Waals surface area contributed by atoms with Crippen molar-refractivity contribution in [3.8, 4) is 0 Å². The molecule has 20 heavy (non-hydrogen) atoms. The van der Waals surface area contributed by atoms with E-state index in [1.54, 1.807) is 16.8 Å². The second-order valence-corrected chi connectivity index (χ2v) is 4.62. The van der Waals surface area contributed by atoms with Crippen molar-refractivity contribution in [1.82, 2.24) is 25.5 Å². The van der Waals surface area contributed by atoms with Gasteiger partial charge in [-0.3, -0.25) is 4.79 Å². The van der Waals surface area contributed by atoms with Crippen LogP contribution in [0.4, 0.5) is 4.39 Å². The molecule has 0 aliphatic heterocycles. The molecule has 0 saturated carbocycles. The molecule has 1 aromatic heterocycles. The summed E-state index contributed by atoms with van der Waals surface area (Å²) >= 11 is 0. The molecular formula is C13H16FN5O. The summed E-state index contributed by atoms with van der Waals surface area (Å²) in [4.78, 5) is 11.8. The Morgan fingerprint density at radius 1 is 1.40 bits per heavy atom. The Hall–Kier alpha value is -2.31. The summed E-state index contributed by atoms with van der Waals surface area (Å²) in [6.45, 7) is 4.29. The lowest BCUT2D eigenvalue weighted by Gasteiger charge is -2.08. The van der Waals surface area contributed by atoms with Crippen molar-refractivity contribution in [3.05, 3.63) is 41.5 Å². The van der Waals surface area contributed by atoms with Crippen LogP contribution in [0.25, 0.3) is 0 Å². The van der Waals surface area contributed by atoms with Gasteiger partial charge in [0.2, 0.25) is 0 Å². The third-order valence-corrected chi connectivity index (χ3v) is 2.80. The number of rotatable bonds is 5. The van der Waals surface area contributed by atoms with Gasteiger partial charge in [-0.2, -0.15) is 0 Å². The van der Waals surface area contributed by atoms with Gasteiger partial charge in [-0.15, -0.1) is 5.10 Å². The Balaban J connectivity index is 1.92. The van der Waals surface area contributed by atoms with Crippen LogP contribution in [0.3, 0.4) is 0 Å². The smallest absolute Gasteiger partial charge is 0.254 e. The van der Waals surface area contributed by atoms with E-state index >= 15 is 0 Å². The van der Waals surface area contributed by atoms with E-state index < -0.39 is 11.7 Å². The Morgan fingerprint density at radius 3 is 2.85 bits per heavy atom. The summed E-state index contributed by atoms with van der Waals surface area (Å²) in [6.07, 6.45) is 0.491. The van der Waals surface area contributed by atoms with E-state index in [-0.39, 0.29) is 11.6 Å². The molecule has 0 aliphatic carbocycles. The molecule has 1 amide bonds. The molecule has 0 atom stereocenters. The van der Waals surface area contributed by atoms with Gasteiger partial charge < -0.3 is 5.32 Å². The first-order valence-corrected chi connectivity index (χ1v) is 6.39. The van der Waals surface area contributed by atoms with Crippen molar-refractivity contribution in [1.29, 1.82) is 0 Å². The maximum atomic E-state index is 13.4. The van der Waals surface area contributed by atoms with Gasteiger partial charge in [-0.1, -0.05) is 12.1 Å². The minimum Gasteiger partial charge on any atom is -0.351 e. The summed E-state index contributed by atoms with van der Waals surface area (Å²) in [5.74, 6) is -0.280. The molecular weight excluding hydrogens is 261 g/mol. The topological polar surface area (TPSA) is 72.7 Å². The van der Waals surface area contributed by atoms with Crippen molar-refractivity contribution < 1.29 is 9.18 Å². The van der Waals surface area contributed by atoms with Gasteiger partial charge in [0, 0.05) is 13.0 Å². The highest BCUT2D eigenvalue weighted by molar-refractivity contribution is 5.94. The molecule has 0 spiro atoms. The molecule has 0 bridgehead atoms. The quantitative estimate of drug-likeness (QED) is 0.895. The highest BCUT2D eigenvalue weighted by Crippen LogP contribution is 2.06. The fourth-order valence-corrected chi connectivity index (χ4v) is 1.81. The average Bonchev–Trinajstić information content (AvgIpc) is 2.87. The van der Waals surface area contributed by atoms with Gasteiger partial charge in [0.1, 0.15) is 5.82 Å². The van der Waals surface area contributed by atoms with Gasteiger partial charge in [-0.05, 0) is 36.4 Å². The Morgan fingerprint density at radius 2 is 2.15 bits per heavy atom. The third-order valence-electron chi connectivity index (χ3n) is 2.80. The molecule has 1 N–H and O–H groups in total. The van der Waals surface area contributed by atoms with Crippen LogP contribution in [-0.4, -0.2) is 32.7 Å². The van der Waals surface area contributed by atoms with Crippen molar-refractivity contribution >= 4 is 5.91 Å². The van der Waals surface area contributed by atoms with Crippen molar-refractivity contribution in [2.45, 2.75) is 26.3 Å². The fraction of sp³-hybridized carbons (Fsp3) is 0.385. The van der Waals surface area contributed by atoms with E-state index in [1.807, 2.05) is 13.8 Å². The van der Waals surface area contributed by atoms with Crippen molar-refractivity contribution in [2.75, 3.05) is 6.54 Å². The van der Waals surface area contributed by atoms with E-state index in [0.29, 0.717) is 18.8 Å². The van der Waals surface area contributed by atoms with Gasteiger partial charge >= 0.3 is 0 Å². The number of benzene rings is 1. The summed E-state index contributed by atoms with van der Waals surface area (Å²) in [5.41, 5.74) is 0.0379. The first-order valence-electron chi connectivity index (χ1n) is 6.39. The number of tetrazole rings is 1. The van der Waals surface area contributed by atoms with Crippen LogP contribution in [0.2, 0.25) is 0 Å². The molecule has 0 aliphatic rings. The number of halogens is 1. The lowest BCUT2D eigenvalue weighted by atomic mass is 10.2. The highest BCUT2D eigenvalue weighted by atomic mass is 19.1. The second kappa shape index (κ2) is 6.23. The molecule has 106 valence electrons. The first kappa shape index (κ1) is 14.1. The number of amides is 1.